The van der Waals surface area contributed by atoms with E-state index in [4.69, 9.17) is 0 Å². The Labute approximate surface area is 87.5 Å². The lowest BCUT2D eigenvalue weighted by Gasteiger charge is -2.26. The van der Waals surface area contributed by atoms with E-state index in [1.54, 1.807) is 0 Å². The van der Waals surface area contributed by atoms with Crippen LogP contribution in [0.3, 0.4) is 0 Å². The minimum Gasteiger partial charge on any atom is -0.314 e. The molecule has 1 aromatic carbocycles. The van der Waals surface area contributed by atoms with E-state index in [0.29, 0.717) is 5.25 Å². The second-order valence-electron chi connectivity index (χ2n) is 2.85. The van der Waals surface area contributed by atoms with Gasteiger partial charge in [-0.25, -0.2) is 4.39 Å². The normalized spacial score (nSPS) is 16.1. The Kier molecular flexibility index (Phi) is 4.03. The molecule has 1 heterocycles. The van der Waals surface area contributed by atoms with Crippen LogP contribution in [0.15, 0.2) is 29.2 Å². The maximum atomic E-state index is 12.5. The molecule has 1 saturated heterocycles. The molecule has 1 nitrogen and oxygen atoms in total. The van der Waals surface area contributed by atoms with Crippen molar-refractivity contribution in [3.05, 3.63) is 30.1 Å². The minimum absolute atomic E-state index is 0. The zero-order valence-electron chi connectivity index (χ0n) is 7.00. The predicted molar refractivity (Wildman–Crippen MR) is 56.2 cm³/mol. The summed E-state index contributed by atoms with van der Waals surface area (Å²) in [6.45, 7) is 2.14. The van der Waals surface area contributed by atoms with Crippen molar-refractivity contribution in [2.24, 2.45) is 0 Å². The summed E-state index contributed by atoms with van der Waals surface area (Å²) in [5.41, 5.74) is 0. The zero-order chi connectivity index (χ0) is 8.39. The van der Waals surface area contributed by atoms with Gasteiger partial charge in [0.15, 0.2) is 0 Å². The Morgan fingerprint density at radius 2 is 1.85 bits per heavy atom. The summed E-state index contributed by atoms with van der Waals surface area (Å²) in [5.74, 6) is -0.161. The summed E-state index contributed by atoms with van der Waals surface area (Å²) in [6, 6.07) is 6.68. The molecule has 13 heavy (non-hydrogen) atoms. The van der Waals surface area contributed by atoms with Gasteiger partial charge in [0, 0.05) is 23.2 Å². The van der Waals surface area contributed by atoms with Crippen molar-refractivity contribution in [2.45, 2.75) is 10.1 Å². The first kappa shape index (κ1) is 10.8. The van der Waals surface area contributed by atoms with Gasteiger partial charge >= 0.3 is 0 Å². The second-order valence-corrected chi connectivity index (χ2v) is 4.23. The van der Waals surface area contributed by atoms with E-state index in [9.17, 15) is 4.39 Å². The monoisotopic (exact) mass is 219 g/mol. The summed E-state index contributed by atoms with van der Waals surface area (Å²) in [6.07, 6.45) is 0. The minimum atomic E-state index is -0.161. The van der Waals surface area contributed by atoms with E-state index in [-0.39, 0.29) is 18.2 Å². The van der Waals surface area contributed by atoms with Gasteiger partial charge in [-0.05, 0) is 24.3 Å². The molecule has 0 spiro atoms. The highest BCUT2D eigenvalue weighted by atomic mass is 35.5. The van der Waals surface area contributed by atoms with Gasteiger partial charge in [-0.3, -0.25) is 0 Å². The molecule has 0 aromatic heterocycles. The Hall–Kier alpha value is -0.250. The van der Waals surface area contributed by atoms with Crippen molar-refractivity contribution in [3.8, 4) is 0 Å². The molecule has 72 valence electrons. The van der Waals surface area contributed by atoms with Gasteiger partial charge in [-0.2, -0.15) is 0 Å². The molecule has 0 aliphatic carbocycles. The SMILES string of the molecule is Cl.Fc1ccc(SC2CNC2)cc1. The molecule has 2 rings (SSSR count). The molecule has 1 fully saturated rings. The summed E-state index contributed by atoms with van der Waals surface area (Å²) in [7, 11) is 0. The van der Waals surface area contributed by atoms with E-state index in [0.717, 1.165) is 18.0 Å². The number of hydrogen-bond donors (Lipinski definition) is 1. The molecule has 0 atom stereocenters. The van der Waals surface area contributed by atoms with Gasteiger partial charge < -0.3 is 5.32 Å². The maximum absolute atomic E-state index is 12.5. The van der Waals surface area contributed by atoms with Crippen LogP contribution in [0.4, 0.5) is 4.39 Å². The number of rotatable bonds is 2. The standard InChI is InChI=1S/C9H10FNS.ClH/c10-7-1-3-8(4-2-7)12-9-5-11-6-9;/h1-4,9,11H,5-6H2;1H. The van der Waals surface area contributed by atoms with Crippen LogP contribution in [0, 0.1) is 5.82 Å². The van der Waals surface area contributed by atoms with Gasteiger partial charge in [0.1, 0.15) is 5.82 Å². The predicted octanol–water partition coefficient (Wildman–Crippen LogP) is 2.31. The molecule has 4 heteroatoms. The molecular weight excluding hydrogens is 209 g/mol. The molecule has 1 aromatic rings. The van der Waals surface area contributed by atoms with Crippen molar-refractivity contribution < 1.29 is 4.39 Å². The van der Waals surface area contributed by atoms with E-state index in [1.807, 2.05) is 23.9 Å². The Morgan fingerprint density at radius 3 is 2.31 bits per heavy atom. The summed E-state index contributed by atoms with van der Waals surface area (Å²) >= 11 is 1.81. The van der Waals surface area contributed by atoms with E-state index in [1.165, 1.54) is 12.1 Å². The van der Waals surface area contributed by atoms with Crippen molar-refractivity contribution in [3.63, 3.8) is 0 Å². The smallest absolute Gasteiger partial charge is 0.123 e. The lowest BCUT2D eigenvalue weighted by Crippen LogP contribution is -2.44. The van der Waals surface area contributed by atoms with E-state index >= 15 is 0 Å². The van der Waals surface area contributed by atoms with Gasteiger partial charge in [0.25, 0.3) is 0 Å². The summed E-state index contributed by atoms with van der Waals surface area (Å²) in [4.78, 5) is 1.16. The van der Waals surface area contributed by atoms with Crippen molar-refractivity contribution in [1.29, 1.82) is 0 Å². The molecule has 0 saturated carbocycles. The third kappa shape index (κ3) is 2.86. The number of benzene rings is 1. The van der Waals surface area contributed by atoms with Crippen LogP contribution >= 0.6 is 24.2 Å². The van der Waals surface area contributed by atoms with Gasteiger partial charge in [-0.15, -0.1) is 24.2 Å². The highest BCUT2D eigenvalue weighted by molar-refractivity contribution is 8.00. The van der Waals surface area contributed by atoms with Gasteiger partial charge in [0.2, 0.25) is 0 Å². The average molecular weight is 220 g/mol. The maximum Gasteiger partial charge on any atom is 0.123 e. The Balaban J connectivity index is 0.000000845. The topological polar surface area (TPSA) is 12.0 Å². The summed E-state index contributed by atoms with van der Waals surface area (Å²) < 4.78 is 12.5. The first-order valence-electron chi connectivity index (χ1n) is 3.97. The van der Waals surface area contributed by atoms with Gasteiger partial charge in [0.05, 0.1) is 0 Å². The molecule has 0 radical (unpaired) electrons. The van der Waals surface area contributed by atoms with Crippen LogP contribution in [0.1, 0.15) is 0 Å². The fourth-order valence-corrected chi connectivity index (χ4v) is 2.13. The fourth-order valence-electron chi connectivity index (χ4n) is 1.05. The quantitative estimate of drug-likeness (QED) is 0.820. The highest BCUT2D eigenvalue weighted by Gasteiger charge is 2.17. The average Bonchev–Trinajstić information content (AvgIpc) is 2.00. The Morgan fingerprint density at radius 1 is 1.23 bits per heavy atom. The van der Waals surface area contributed by atoms with Crippen LogP contribution in [0.5, 0.6) is 0 Å². The van der Waals surface area contributed by atoms with Crippen molar-refractivity contribution in [1.82, 2.24) is 5.32 Å². The molecule has 1 N–H and O–H groups in total. The highest BCUT2D eigenvalue weighted by Crippen LogP contribution is 2.25. The van der Waals surface area contributed by atoms with E-state index in [2.05, 4.69) is 5.32 Å². The largest absolute Gasteiger partial charge is 0.314 e. The third-order valence-corrected chi connectivity index (χ3v) is 3.07. The van der Waals surface area contributed by atoms with Crippen LogP contribution in [0.2, 0.25) is 0 Å². The summed E-state index contributed by atoms with van der Waals surface area (Å²) in [5, 5.41) is 3.87. The molecule has 0 amide bonds. The lowest BCUT2D eigenvalue weighted by atomic mass is 10.3. The number of halogens is 2. The fraction of sp³-hybridized carbons (Fsp3) is 0.333. The third-order valence-electron chi connectivity index (χ3n) is 1.86. The second kappa shape index (κ2) is 4.84. The molecular formula is C9H11ClFNS. The van der Waals surface area contributed by atoms with Gasteiger partial charge in [-0.1, -0.05) is 0 Å². The molecule has 0 bridgehead atoms. The number of nitrogens with one attached hydrogen (secondary N) is 1. The first-order chi connectivity index (χ1) is 5.84. The van der Waals surface area contributed by atoms with Crippen LogP contribution in [0.25, 0.3) is 0 Å². The number of thioether (sulfide) groups is 1. The number of hydrogen-bond acceptors (Lipinski definition) is 2. The molecule has 1 aliphatic rings. The molecule has 1 aliphatic heterocycles. The van der Waals surface area contributed by atoms with Crippen LogP contribution in [-0.2, 0) is 0 Å². The lowest BCUT2D eigenvalue weighted by molar-refractivity contribution is 0.543. The van der Waals surface area contributed by atoms with Crippen molar-refractivity contribution in [2.75, 3.05) is 13.1 Å². The zero-order valence-corrected chi connectivity index (χ0v) is 8.63. The van der Waals surface area contributed by atoms with Crippen LogP contribution < -0.4 is 5.32 Å². The van der Waals surface area contributed by atoms with E-state index < -0.39 is 0 Å². The first-order valence-corrected chi connectivity index (χ1v) is 4.85. The molecule has 0 unspecified atom stereocenters. The Bertz CT molecular complexity index is 261. The van der Waals surface area contributed by atoms with Crippen LogP contribution in [-0.4, -0.2) is 18.3 Å². The van der Waals surface area contributed by atoms with Crippen molar-refractivity contribution >= 4 is 24.2 Å².